The molecule has 26 heavy (non-hydrogen) atoms. The lowest BCUT2D eigenvalue weighted by molar-refractivity contribution is 0.0499. The first kappa shape index (κ1) is 19.6. The molecule has 136 valence electrons. The van der Waals surface area contributed by atoms with E-state index in [0.717, 1.165) is 18.4 Å². The Morgan fingerprint density at radius 3 is 2.46 bits per heavy atom. The van der Waals surface area contributed by atoms with Crippen LogP contribution in [0.15, 0.2) is 48.5 Å². The highest BCUT2D eigenvalue weighted by Gasteiger charge is 2.09. The second-order valence-corrected chi connectivity index (χ2v) is 6.25. The summed E-state index contributed by atoms with van der Waals surface area (Å²) in [7, 11) is 0. The summed E-state index contributed by atoms with van der Waals surface area (Å²) in [5.41, 5.74) is 2.68. The molecule has 0 fully saturated rings. The van der Waals surface area contributed by atoms with Gasteiger partial charge in [-0.3, -0.25) is 10.1 Å². The Morgan fingerprint density at radius 1 is 1.08 bits per heavy atom. The summed E-state index contributed by atoms with van der Waals surface area (Å²) >= 11 is 5.17. The van der Waals surface area contributed by atoms with Gasteiger partial charge < -0.3 is 10.1 Å². The second-order valence-electron chi connectivity index (χ2n) is 5.84. The smallest absolute Gasteiger partial charge is 0.338 e. The third-order valence-electron chi connectivity index (χ3n) is 3.62. The highest BCUT2D eigenvalue weighted by molar-refractivity contribution is 7.80. The van der Waals surface area contributed by atoms with Crippen LogP contribution in [0.4, 0.5) is 5.69 Å². The molecule has 2 N–H and O–H groups in total. The number of nitrogens with one attached hydrogen (secondary N) is 2. The molecule has 0 bridgehead atoms. The summed E-state index contributed by atoms with van der Waals surface area (Å²) < 4.78 is 5.16. The molecule has 0 radical (unpaired) electrons. The molecule has 0 saturated carbocycles. The van der Waals surface area contributed by atoms with E-state index in [1.165, 1.54) is 0 Å². The van der Waals surface area contributed by atoms with Gasteiger partial charge in [-0.15, -0.1) is 0 Å². The van der Waals surface area contributed by atoms with Gasteiger partial charge >= 0.3 is 5.97 Å². The maximum atomic E-state index is 12.2. The Balaban J connectivity index is 1.89. The fourth-order valence-electron chi connectivity index (χ4n) is 2.21. The van der Waals surface area contributed by atoms with Gasteiger partial charge in [-0.1, -0.05) is 31.0 Å². The minimum Gasteiger partial charge on any atom is -0.462 e. The van der Waals surface area contributed by atoms with Crippen molar-refractivity contribution >= 4 is 34.9 Å². The van der Waals surface area contributed by atoms with Crippen molar-refractivity contribution in [2.45, 2.75) is 26.7 Å². The Hall–Kier alpha value is -2.73. The number of hydrogen-bond donors (Lipinski definition) is 2. The molecule has 0 saturated heterocycles. The van der Waals surface area contributed by atoms with E-state index in [1.54, 1.807) is 36.4 Å². The molecule has 1 amide bonds. The van der Waals surface area contributed by atoms with Gasteiger partial charge in [0.15, 0.2) is 5.11 Å². The van der Waals surface area contributed by atoms with Gasteiger partial charge in [0.25, 0.3) is 5.91 Å². The van der Waals surface area contributed by atoms with Crippen molar-refractivity contribution in [1.29, 1.82) is 0 Å². The molecule has 0 atom stereocenters. The zero-order valence-corrected chi connectivity index (χ0v) is 15.7. The predicted octanol–water partition coefficient (Wildman–Crippen LogP) is 4.08. The monoisotopic (exact) mass is 370 g/mol. The Bertz CT molecular complexity index is 788. The van der Waals surface area contributed by atoms with E-state index in [4.69, 9.17) is 17.0 Å². The molecule has 6 heteroatoms. The van der Waals surface area contributed by atoms with Crippen LogP contribution in [0.3, 0.4) is 0 Å². The van der Waals surface area contributed by atoms with Gasteiger partial charge in [-0.25, -0.2) is 4.79 Å². The summed E-state index contributed by atoms with van der Waals surface area (Å²) in [6, 6.07) is 14.0. The zero-order chi connectivity index (χ0) is 18.9. The lowest BCUT2D eigenvalue weighted by Gasteiger charge is -2.10. The molecule has 2 rings (SSSR count). The summed E-state index contributed by atoms with van der Waals surface area (Å²) in [4.78, 5) is 24.0. The van der Waals surface area contributed by atoms with Crippen LogP contribution in [0.5, 0.6) is 0 Å². The first-order valence-electron chi connectivity index (χ1n) is 8.46. The predicted molar refractivity (Wildman–Crippen MR) is 106 cm³/mol. The van der Waals surface area contributed by atoms with E-state index >= 15 is 0 Å². The average molecular weight is 370 g/mol. The van der Waals surface area contributed by atoms with Crippen molar-refractivity contribution in [1.82, 2.24) is 5.32 Å². The molecule has 2 aromatic rings. The van der Waals surface area contributed by atoms with E-state index in [-0.39, 0.29) is 17.0 Å². The standard InChI is InChI=1S/C20H22N2O3S/c1-3-4-12-25-19(24)15-8-10-17(11-9-15)21-20(26)22-18(23)16-7-5-6-14(2)13-16/h5-11,13H,3-4,12H2,1-2H3,(H2,21,22,23,26). The number of unbranched alkanes of at least 4 members (excludes halogenated alkanes) is 1. The number of carbonyl (C=O) groups excluding carboxylic acids is 2. The number of anilines is 1. The van der Waals surface area contributed by atoms with E-state index in [2.05, 4.69) is 10.6 Å². The van der Waals surface area contributed by atoms with Crippen molar-refractivity contribution in [3.63, 3.8) is 0 Å². The quantitative estimate of drug-likeness (QED) is 0.456. The molecule has 0 unspecified atom stereocenters. The Morgan fingerprint density at radius 2 is 1.81 bits per heavy atom. The Kier molecular flexibility index (Phi) is 7.29. The third kappa shape index (κ3) is 5.97. The number of benzene rings is 2. The fourth-order valence-corrected chi connectivity index (χ4v) is 2.42. The molecular formula is C20H22N2O3S. The molecule has 2 aromatic carbocycles. The van der Waals surface area contributed by atoms with Crippen molar-refractivity contribution in [3.8, 4) is 0 Å². The first-order valence-corrected chi connectivity index (χ1v) is 8.86. The van der Waals surface area contributed by atoms with Gasteiger partial charge in [0.2, 0.25) is 0 Å². The highest BCUT2D eigenvalue weighted by Crippen LogP contribution is 2.11. The van der Waals surface area contributed by atoms with Crippen LogP contribution >= 0.6 is 12.2 Å². The van der Waals surface area contributed by atoms with Gasteiger partial charge in [0, 0.05) is 11.3 Å². The van der Waals surface area contributed by atoms with E-state index in [9.17, 15) is 9.59 Å². The number of ether oxygens (including phenoxy) is 1. The summed E-state index contributed by atoms with van der Waals surface area (Å²) in [6.07, 6.45) is 1.82. The van der Waals surface area contributed by atoms with Crippen molar-refractivity contribution in [3.05, 3.63) is 65.2 Å². The van der Waals surface area contributed by atoms with Crippen molar-refractivity contribution in [2.24, 2.45) is 0 Å². The van der Waals surface area contributed by atoms with Gasteiger partial charge in [0.1, 0.15) is 0 Å². The van der Waals surface area contributed by atoms with E-state index < -0.39 is 0 Å². The molecule has 0 aliphatic heterocycles. The molecule has 0 aromatic heterocycles. The normalized spacial score (nSPS) is 10.1. The lowest BCUT2D eigenvalue weighted by atomic mass is 10.1. The number of carbonyl (C=O) groups is 2. The number of amides is 1. The van der Waals surface area contributed by atoms with Gasteiger partial charge in [-0.05, 0) is 62.0 Å². The van der Waals surface area contributed by atoms with Crippen LogP contribution in [0, 0.1) is 6.92 Å². The molecule has 5 nitrogen and oxygen atoms in total. The maximum Gasteiger partial charge on any atom is 0.338 e. The Labute approximate surface area is 158 Å². The van der Waals surface area contributed by atoms with Crippen LogP contribution in [0.1, 0.15) is 46.0 Å². The fraction of sp³-hybridized carbons (Fsp3) is 0.250. The molecule has 0 aliphatic rings. The third-order valence-corrected chi connectivity index (χ3v) is 3.82. The molecule has 0 aliphatic carbocycles. The van der Waals surface area contributed by atoms with Crippen LogP contribution in [-0.4, -0.2) is 23.6 Å². The number of aryl methyl sites for hydroxylation is 1. The van der Waals surface area contributed by atoms with E-state index in [1.807, 2.05) is 26.0 Å². The lowest BCUT2D eigenvalue weighted by Crippen LogP contribution is -2.34. The number of esters is 1. The van der Waals surface area contributed by atoms with Gasteiger partial charge in [0.05, 0.1) is 12.2 Å². The minimum absolute atomic E-state index is 0.190. The largest absolute Gasteiger partial charge is 0.462 e. The summed E-state index contributed by atoms with van der Waals surface area (Å²) in [5, 5.41) is 5.75. The topological polar surface area (TPSA) is 67.4 Å². The second kappa shape index (κ2) is 9.68. The number of rotatable bonds is 6. The minimum atomic E-state index is -0.347. The van der Waals surface area contributed by atoms with Crippen molar-refractivity contribution in [2.75, 3.05) is 11.9 Å². The molecule has 0 heterocycles. The highest BCUT2D eigenvalue weighted by atomic mass is 32.1. The SMILES string of the molecule is CCCCOC(=O)c1ccc(NC(=S)NC(=O)c2cccc(C)c2)cc1. The summed E-state index contributed by atoms with van der Waals surface area (Å²) in [5.74, 6) is -0.623. The van der Waals surface area contributed by atoms with Crippen LogP contribution in [-0.2, 0) is 4.74 Å². The average Bonchev–Trinajstić information content (AvgIpc) is 2.62. The van der Waals surface area contributed by atoms with Crippen LogP contribution in [0.25, 0.3) is 0 Å². The van der Waals surface area contributed by atoms with Crippen LogP contribution < -0.4 is 10.6 Å². The molecular weight excluding hydrogens is 348 g/mol. The summed E-state index contributed by atoms with van der Waals surface area (Å²) in [6.45, 7) is 4.38. The first-order chi connectivity index (χ1) is 12.5. The van der Waals surface area contributed by atoms with E-state index in [0.29, 0.717) is 23.4 Å². The van der Waals surface area contributed by atoms with Crippen molar-refractivity contribution < 1.29 is 14.3 Å². The van der Waals surface area contributed by atoms with Gasteiger partial charge in [-0.2, -0.15) is 0 Å². The zero-order valence-electron chi connectivity index (χ0n) is 14.9. The van der Waals surface area contributed by atoms with Crippen LogP contribution in [0.2, 0.25) is 0 Å². The molecule has 0 spiro atoms. The maximum absolute atomic E-state index is 12.2. The number of hydrogen-bond acceptors (Lipinski definition) is 4. The number of thiocarbonyl (C=S) groups is 1.